The van der Waals surface area contributed by atoms with Crippen molar-refractivity contribution in [3.05, 3.63) is 70.0 Å². The molecule has 0 saturated carbocycles. The zero-order valence-electron chi connectivity index (χ0n) is 14.0. The lowest BCUT2D eigenvalue weighted by atomic mass is 10.1. The standard InChI is InChI=1S/C19H16N4O3/c24-17-13-7-1-2-8-14(13)18(25)22(17)11-5-6-12-23-19(26)15-9-3-4-10-16(15)20-21-23/h1-4,7-10H,5-6,11-12H2. The Hall–Kier alpha value is -3.35. The molecule has 2 aromatic carbocycles. The van der Waals surface area contributed by atoms with E-state index in [1.807, 2.05) is 6.07 Å². The van der Waals surface area contributed by atoms with Gasteiger partial charge in [-0.05, 0) is 37.1 Å². The van der Waals surface area contributed by atoms with Gasteiger partial charge in [0.15, 0.2) is 0 Å². The third-order valence-corrected chi connectivity index (χ3v) is 4.51. The Balaban J connectivity index is 1.39. The van der Waals surface area contributed by atoms with Crippen LogP contribution in [0.15, 0.2) is 53.3 Å². The molecule has 7 nitrogen and oxygen atoms in total. The van der Waals surface area contributed by atoms with Crippen molar-refractivity contribution in [3.63, 3.8) is 0 Å². The molecule has 0 radical (unpaired) electrons. The van der Waals surface area contributed by atoms with Crippen LogP contribution in [0.3, 0.4) is 0 Å². The molecule has 1 aliphatic rings. The highest BCUT2D eigenvalue weighted by molar-refractivity contribution is 6.21. The van der Waals surface area contributed by atoms with Crippen molar-refractivity contribution in [1.29, 1.82) is 0 Å². The summed E-state index contributed by atoms with van der Waals surface area (Å²) in [5.74, 6) is -0.512. The second kappa shape index (κ2) is 6.51. The molecular formula is C19H16N4O3. The maximum Gasteiger partial charge on any atom is 0.277 e. The lowest BCUT2D eigenvalue weighted by Gasteiger charge is -2.13. The fourth-order valence-electron chi connectivity index (χ4n) is 3.14. The Labute approximate surface area is 148 Å². The van der Waals surface area contributed by atoms with Crippen molar-refractivity contribution in [1.82, 2.24) is 19.9 Å². The number of carbonyl (C=O) groups is 2. The summed E-state index contributed by atoms with van der Waals surface area (Å²) in [7, 11) is 0. The predicted octanol–water partition coefficient (Wildman–Crippen LogP) is 1.87. The average molecular weight is 348 g/mol. The van der Waals surface area contributed by atoms with Gasteiger partial charge >= 0.3 is 0 Å². The van der Waals surface area contributed by atoms with Gasteiger partial charge < -0.3 is 0 Å². The van der Waals surface area contributed by atoms with Gasteiger partial charge in [0.25, 0.3) is 17.4 Å². The number of nitrogens with zero attached hydrogens (tertiary/aromatic N) is 4. The number of unbranched alkanes of at least 4 members (excludes halogenated alkanes) is 1. The number of imide groups is 1. The Morgan fingerprint density at radius 2 is 1.38 bits per heavy atom. The number of aryl methyl sites for hydroxylation is 1. The summed E-state index contributed by atoms with van der Waals surface area (Å²) in [6, 6.07) is 13.9. The summed E-state index contributed by atoms with van der Waals surface area (Å²) in [4.78, 5) is 38.2. The summed E-state index contributed by atoms with van der Waals surface area (Å²) < 4.78 is 1.32. The van der Waals surface area contributed by atoms with E-state index in [2.05, 4.69) is 10.3 Å². The van der Waals surface area contributed by atoms with E-state index in [9.17, 15) is 14.4 Å². The predicted molar refractivity (Wildman–Crippen MR) is 94.8 cm³/mol. The van der Waals surface area contributed by atoms with Crippen LogP contribution in [0.1, 0.15) is 33.6 Å². The van der Waals surface area contributed by atoms with E-state index in [0.29, 0.717) is 48.0 Å². The van der Waals surface area contributed by atoms with E-state index in [0.717, 1.165) is 0 Å². The van der Waals surface area contributed by atoms with Gasteiger partial charge in [0.2, 0.25) is 0 Å². The van der Waals surface area contributed by atoms with Crippen molar-refractivity contribution < 1.29 is 9.59 Å². The van der Waals surface area contributed by atoms with Gasteiger partial charge in [0, 0.05) is 13.1 Å². The van der Waals surface area contributed by atoms with Gasteiger partial charge in [-0.3, -0.25) is 19.3 Å². The number of amides is 2. The van der Waals surface area contributed by atoms with Crippen molar-refractivity contribution in [3.8, 4) is 0 Å². The van der Waals surface area contributed by atoms with Crippen LogP contribution in [0.2, 0.25) is 0 Å². The molecular weight excluding hydrogens is 332 g/mol. The number of benzene rings is 2. The minimum Gasteiger partial charge on any atom is -0.274 e. The van der Waals surface area contributed by atoms with Crippen LogP contribution in [0.4, 0.5) is 0 Å². The van der Waals surface area contributed by atoms with E-state index in [-0.39, 0.29) is 17.4 Å². The molecule has 0 N–H and O–H groups in total. The topological polar surface area (TPSA) is 85.2 Å². The van der Waals surface area contributed by atoms with Crippen molar-refractivity contribution in [2.24, 2.45) is 0 Å². The Kier molecular flexibility index (Phi) is 4.04. The van der Waals surface area contributed by atoms with Gasteiger partial charge in [-0.15, -0.1) is 5.10 Å². The molecule has 7 heteroatoms. The van der Waals surface area contributed by atoms with Crippen molar-refractivity contribution >= 4 is 22.7 Å². The quantitative estimate of drug-likeness (QED) is 0.519. The normalized spacial score (nSPS) is 13.5. The summed E-state index contributed by atoms with van der Waals surface area (Å²) in [6.07, 6.45) is 1.20. The van der Waals surface area contributed by atoms with E-state index in [1.54, 1.807) is 42.5 Å². The molecule has 0 atom stereocenters. The van der Waals surface area contributed by atoms with Crippen LogP contribution in [0.25, 0.3) is 10.9 Å². The van der Waals surface area contributed by atoms with Crippen LogP contribution in [0, 0.1) is 0 Å². The van der Waals surface area contributed by atoms with Gasteiger partial charge in [-0.2, -0.15) is 0 Å². The molecule has 0 bridgehead atoms. The minimum atomic E-state index is -0.256. The molecule has 1 aliphatic heterocycles. The largest absolute Gasteiger partial charge is 0.277 e. The number of carbonyl (C=O) groups excluding carboxylic acids is 2. The number of hydrogen-bond acceptors (Lipinski definition) is 5. The third kappa shape index (κ3) is 2.67. The summed E-state index contributed by atoms with van der Waals surface area (Å²) in [5.41, 5.74) is 1.29. The van der Waals surface area contributed by atoms with Crippen LogP contribution >= 0.6 is 0 Å². The fraction of sp³-hybridized carbons (Fsp3) is 0.211. The first kappa shape index (κ1) is 16.1. The molecule has 0 unspecified atom stereocenters. The first-order chi connectivity index (χ1) is 12.7. The average Bonchev–Trinajstić information content (AvgIpc) is 2.92. The summed E-state index contributed by atoms with van der Waals surface area (Å²) in [6.45, 7) is 0.710. The molecule has 2 amide bonds. The van der Waals surface area contributed by atoms with Crippen LogP contribution in [-0.2, 0) is 6.54 Å². The molecule has 0 saturated heterocycles. The summed E-state index contributed by atoms with van der Waals surface area (Å²) >= 11 is 0. The highest BCUT2D eigenvalue weighted by Crippen LogP contribution is 2.22. The minimum absolute atomic E-state index is 0.184. The van der Waals surface area contributed by atoms with Crippen molar-refractivity contribution in [2.75, 3.05) is 6.54 Å². The smallest absolute Gasteiger partial charge is 0.274 e. The van der Waals surface area contributed by atoms with E-state index < -0.39 is 0 Å². The first-order valence-corrected chi connectivity index (χ1v) is 8.44. The highest BCUT2D eigenvalue weighted by atomic mass is 16.2. The second-order valence-electron chi connectivity index (χ2n) is 6.15. The molecule has 1 aromatic heterocycles. The van der Waals surface area contributed by atoms with Gasteiger partial charge in [-0.1, -0.05) is 29.5 Å². The van der Waals surface area contributed by atoms with E-state index in [1.165, 1.54) is 9.58 Å². The fourth-order valence-corrected chi connectivity index (χ4v) is 3.14. The Bertz CT molecular complexity index is 1040. The number of hydrogen-bond donors (Lipinski definition) is 0. The van der Waals surface area contributed by atoms with Gasteiger partial charge in [0.1, 0.15) is 5.52 Å². The SMILES string of the molecule is O=C1c2ccccc2C(=O)N1CCCCn1nnc2ccccc2c1=O. The molecule has 26 heavy (non-hydrogen) atoms. The Morgan fingerprint density at radius 1 is 0.769 bits per heavy atom. The monoisotopic (exact) mass is 348 g/mol. The molecule has 4 rings (SSSR count). The Morgan fingerprint density at radius 3 is 2.12 bits per heavy atom. The zero-order chi connectivity index (χ0) is 18.1. The molecule has 0 aliphatic carbocycles. The van der Waals surface area contributed by atoms with Crippen molar-refractivity contribution in [2.45, 2.75) is 19.4 Å². The zero-order valence-corrected chi connectivity index (χ0v) is 14.0. The molecule has 3 aromatic rings. The number of aromatic nitrogens is 3. The molecule has 2 heterocycles. The first-order valence-electron chi connectivity index (χ1n) is 8.44. The molecule has 130 valence electrons. The maximum absolute atomic E-state index is 12.4. The lowest BCUT2D eigenvalue weighted by molar-refractivity contribution is 0.0651. The number of fused-ring (bicyclic) bond motifs is 2. The van der Waals surface area contributed by atoms with E-state index in [4.69, 9.17) is 0 Å². The molecule has 0 fully saturated rings. The van der Waals surface area contributed by atoms with Crippen LogP contribution in [-0.4, -0.2) is 38.3 Å². The van der Waals surface area contributed by atoms with Crippen LogP contribution < -0.4 is 5.56 Å². The highest BCUT2D eigenvalue weighted by Gasteiger charge is 2.34. The van der Waals surface area contributed by atoms with Gasteiger partial charge in [0.05, 0.1) is 16.5 Å². The maximum atomic E-state index is 12.4. The lowest BCUT2D eigenvalue weighted by Crippen LogP contribution is -2.31. The van der Waals surface area contributed by atoms with E-state index >= 15 is 0 Å². The number of rotatable bonds is 5. The second-order valence-corrected chi connectivity index (χ2v) is 6.15. The van der Waals surface area contributed by atoms with Gasteiger partial charge in [-0.25, -0.2) is 4.68 Å². The molecule has 0 spiro atoms. The third-order valence-electron chi connectivity index (χ3n) is 4.51. The van der Waals surface area contributed by atoms with Crippen LogP contribution in [0.5, 0.6) is 0 Å². The summed E-state index contributed by atoms with van der Waals surface area (Å²) in [5, 5.41) is 8.52.